The summed E-state index contributed by atoms with van der Waals surface area (Å²) in [6.45, 7) is 10.7. The summed E-state index contributed by atoms with van der Waals surface area (Å²) in [4.78, 5) is 32.5. The molecule has 0 fully saturated rings. The summed E-state index contributed by atoms with van der Waals surface area (Å²) >= 11 is 13.7. The molecular formula is C31H34Cl2N2O5S. The van der Waals surface area contributed by atoms with Crippen LogP contribution in [0.5, 0.6) is 11.5 Å². The van der Waals surface area contributed by atoms with Crippen molar-refractivity contribution >= 4 is 46.6 Å². The van der Waals surface area contributed by atoms with Gasteiger partial charge in [0.25, 0.3) is 5.56 Å². The van der Waals surface area contributed by atoms with Gasteiger partial charge in [-0.1, -0.05) is 74.4 Å². The van der Waals surface area contributed by atoms with Gasteiger partial charge < -0.3 is 14.2 Å². The number of thiazole rings is 1. The van der Waals surface area contributed by atoms with Crippen LogP contribution < -0.4 is 24.4 Å². The molecule has 0 amide bonds. The summed E-state index contributed by atoms with van der Waals surface area (Å²) < 4.78 is 19.2. The molecule has 0 spiro atoms. The summed E-state index contributed by atoms with van der Waals surface area (Å²) in [6.07, 6.45) is 2.61. The average Bonchev–Trinajstić information content (AvgIpc) is 3.22. The molecule has 218 valence electrons. The molecule has 0 saturated carbocycles. The van der Waals surface area contributed by atoms with Gasteiger partial charge in [0.05, 0.1) is 42.2 Å². The van der Waals surface area contributed by atoms with Gasteiger partial charge in [-0.25, -0.2) is 9.79 Å². The minimum atomic E-state index is -0.785. The van der Waals surface area contributed by atoms with Gasteiger partial charge in [-0.3, -0.25) is 9.36 Å². The second kappa shape index (κ2) is 13.3. The van der Waals surface area contributed by atoms with E-state index in [1.165, 1.54) is 15.9 Å². The third-order valence-electron chi connectivity index (χ3n) is 6.49. The molecule has 0 radical (unpaired) electrons. The van der Waals surface area contributed by atoms with Gasteiger partial charge in [0.1, 0.15) is 0 Å². The Morgan fingerprint density at radius 3 is 2.51 bits per heavy atom. The number of allylic oxidation sites excluding steroid dienone is 1. The Morgan fingerprint density at radius 2 is 1.85 bits per heavy atom. The zero-order valence-corrected chi connectivity index (χ0v) is 26.3. The Bertz CT molecular complexity index is 1660. The summed E-state index contributed by atoms with van der Waals surface area (Å²) in [5.74, 6) is 1.22. The summed E-state index contributed by atoms with van der Waals surface area (Å²) in [7, 11) is 1.56. The van der Waals surface area contributed by atoms with Crippen molar-refractivity contribution in [2.45, 2.75) is 47.1 Å². The maximum Gasteiger partial charge on any atom is 0.338 e. The standard InChI is InChI=1S/C31H34Cl2N2O5S/c1-17(2)11-12-39-24-10-8-21(13-25(24)38-6)28-27(30(37)40-16-18(3)4)19(5)34-31-35(28)29(36)26(41-31)14-20-7-9-22(32)15-23(20)33/h7-10,13-15,17-18,28H,11-12,16H2,1-6H3/b26-14-. The number of aromatic nitrogens is 1. The van der Waals surface area contributed by atoms with Gasteiger partial charge in [-0.2, -0.15) is 0 Å². The minimum Gasteiger partial charge on any atom is -0.493 e. The highest BCUT2D eigenvalue weighted by molar-refractivity contribution is 7.07. The zero-order valence-electron chi connectivity index (χ0n) is 24.0. The predicted octanol–water partition coefficient (Wildman–Crippen LogP) is 6.17. The number of hydrogen-bond acceptors (Lipinski definition) is 7. The van der Waals surface area contributed by atoms with E-state index in [0.29, 0.717) is 65.8 Å². The van der Waals surface area contributed by atoms with E-state index in [0.717, 1.165) is 6.42 Å². The maximum absolute atomic E-state index is 13.9. The summed E-state index contributed by atoms with van der Waals surface area (Å²) in [5.41, 5.74) is 1.79. The topological polar surface area (TPSA) is 79.1 Å². The van der Waals surface area contributed by atoms with Crippen LogP contribution in [0.3, 0.4) is 0 Å². The third kappa shape index (κ3) is 7.05. The molecule has 4 rings (SSSR count). The number of rotatable bonds is 10. The lowest BCUT2D eigenvalue weighted by molar-refractivity contribution is -0.140. The Hall–Kier alpha value is -3.07. The number of hydrogen-bond donors (Lipinski definition) is 0. The SMILES string of the molecule is COc1cc(C2C(C(=O)OCC(C)C)=C(C)N=c3s/c(=C\c4ccc(Cl)cc4Cl)c(=O)n32)ccc1OCCC(C)C. The van der Waals surface area contributed by atoms with Gasteiger partial charge in [0, 0.05) is 10.0 Å². The minimum absolute atomic E-state index is 0.144. The van der Waals surface area contributed by atoms with Gasteiger partial charge in [-0.05, 0) is 66.6 Å². The molecule has 3 aromatic rings. The number of methoxy groups -OCH3 is 1. The maximum atomic E-state index is 13.9. The van der Waals surface area contributed by atoms with Crippen molar-refractivity contribution in [3.63, 3.8) is 0 Å². The van der Waals surface area contributed by atoms with E-state index in [-0.39, 0.29) is 18.1 Å². The van der Waals surface area contributed by atoms with Crippen molar-refractivity contribution < 1.29 is 19.0 Å². The van der Waals surface area contributed by atoms with Crippen LogP contribution >= 0.6 is 34.5 Å². The van der Waals surface area contributed by atoms with Crippen molar-refractivity contribution in [1.29, 1.82) is 0 Å². The van der Waals surface area contributed by atoms with E-state index in [1.807, 2.05) is 26.0 Å². The van der Waals surface area contributed by atoms with Crippen LogP contribution in [0.15, 0.2) is 57.5 Å². The lowest BCUT2D eigenvalue weighted by atomic mass is 9.95. The first kappa shape index (κ1) is 30.9. The molecule has 1 aromatic heterocycles. The molecule has 1 aliphatic heterocycles. The Balaban J connectivity index is 1.87. The Labute approximate surface area is 253 Å². The molecule has 0 saturated heterocycles. The van der Waals surface area contributed by atoms with E-state index >= 15 is 0 Å². The molecule has 2 aromatic carbocycles. The van der Waals surface area contributed by atoms with E-state index in [2.05, 4.69) is 18.8 Å². The largest absolute Gasteiger partial charge is 0.493 e. The quantitative estimate of drug-likeness (QED) is 0.254. The van der Waals surface area contributed by atoms with Gasteiger partial charge >= 0.3 is 5.97 Å². The second-order valence-corrected chi connectivity index (χ2v) is 12.5. The normalized spacial score (nSPS) is 15.3. The van der Waals surface area contributed by atoms with Crippen molar-refractivity contribution in [2.24, 2.45) is 16.8 Å². The average molecular weight is 618 g/mol. The molecule has 1 atom stereocenters. The van der Waals surface area contributed by atoms with E-state index in [1.54, 1.807) is 44.4 Å². The van der Waals surface area contributed by atoms with Crippen molar-refractivity contribution in [2.75, 3.05) is 20.3 Å². The molecule has 10 heteroatoms. The molecule has 1 unspecified atom stereocenters. The first-order valence-corrected chi connectivity index (χ1v) is 15.0. The first-order chi connectivity index (χ1) is 19.5. The number of benzene rings is 2. The van der Waals surface area contributed by atoms with E-state index in [9.17, 15) is 9.59 Å². The van der Waals surface area contributed by atoms with E-state index < -0.39 is 12.0 Å². The van der Waals surface area contributed by atoms with Gasteiger partial charge in [-0.15, -0.1) is 0 Å². The van der Waals surface area contributed by atoms with Crippen LogP contribution in [-0.4, -0.2) is 30.9 Å². The van der Waals surface area contributed by atoms with Crippen LogP contribution in [0.4, 0.5) is 0 Å². The Morgan fingerprint density at radius 1 is 1.10 bits per heavy atom. The predicted molar refractivity (Wildman–Crippen MR) is 164 cm³/mol. The van der Waals surface area contributed by atoms with Crippen LogP contribution in [0.2, 0.25) is 10.0 Å². The Kier molecular flexibility index (Phi) is 10.00. The number of nitrogens with zero attached hydrogens (tertiary/aromatic N) is 2. The van der Waals surface area contributed by atoms with Crippen LogP contribution in [-0.2, 0) is 9.53 Å². The highest BCUT2D eigenvalue weighted by atomic mass is 35.5. The van der Waals surface area contributed by atoms with Crippen LogP contribution in [0.1, 0.15) is 58.2 Å². The lowest BCUT2D eigenvalue weighted by Gasteiger charge is -2.25. The van der Waals surface area contributed by atoms with Crippen molar-refractivity contribution in [1.82, 2.24) is 4.57 Å². The molecule has 0 aliphatic carbocycles. The third-order valence-corrected chi connectivity index (χ3v) is 8.04. The molecule has 0 bridgehead atoms. The monoisotopic (exact) mass is 616 g/mol. The smallest absolute Gasteiger partial charge is 0.338 e. The number of ether oxygens (including phenoxy) is 3. The fourth-order valence-electron chi connectivity index (χ4n) is 4.36. The molecular weight excluding hydrogens is 583 g/mol. The van der Waals surface area contributed by atoms with Crippen molar-refractivity contribution in [3.05, 3.63) is 88.5 Å². The van der Waals surface area contributed by atoms with E-state index in [4.69, 9.17) is 37.4 Å². The molecule has 7 nitrogen and oxygen atoms in total. The fourth-order valence-corrected chi connectivity index (χ4v) is 5.86. The number of esters is 1. The number of carbonyl (C=O) groups excluding carboxylic acids is 1. The second-order valence-electron chi connectivity index (χ2n) is 10.7. The molecule has 1 aliphatic rings. The van der Waals surface area contributed by atoms with Gasteiger partial charge in [0.2, 0.25) is 0 Å². The zero-order chi connectivity index (χ0) is 29.8. The fraction of sp³-hybridized carbons (Fsp3) is 0.387. The number of fused-ring (bicyclic) bond motifs is 1. The molecule has 0 N–H and O–H groups in total. The molecule has 2 heterocycles. The summed E-state index contributed by atoms with van der Waals surface area (Å²) in [5, 5.41) is 0.922. The van der Waals surface area contributed by atoms with Crippen LogP contribution in [0.25, 0.3) is 6.08 Å². The first-order valence-electron chi connectivity index (χ1n) is 13.5. The highest BCUT2D eigenvalue weighted by Crippen LogP contribution is 2.36. The highest BCUT2D eigenvalue weighted by Gasteiger charge is 2.34. The lowest BCUT2D eigenvalue weighted by Crippen LogP contribution is -2.40. The van der Waals surface area contributed by atoms with Crippen LogP contribution in [0, 0.1) is 11.8 Å². The number of halogens is 2. The molecule has 41 heavy (non-hydrogen) atoms. The van der Waals surface area contributed by atoms with Crippen molar-refractivity contribution in [3.8, 4) is 11.5 Å². The summed E-state index contributed by atoms with van der Waals surface area (Å²) in [6, 6.07) is 9.76. The van der Waals surface area contributed by atoms with Gasteiger partial charge in [0.15, 0.2) is 16.3 Å². The number of carbonyl (C=O) groups is 1.